The predicted octanol–water partition coefficient (Wildman–Crippen LogP) is 3.53. The average Bonchev–Trinajstić information content (AvgIpc) is 3.21. The number of anilines is 1. The summed E-state index contributed by atoms with van der Waals surface area (Å²) in [6, 6.07) is 22.2. The predicted molar refractivity (Wildman–Crippen MR) is 104 cm³/mol. The SMILES string of the molecule is O=C(NC(C(=O)Nc1ccc2c(c1)OCO2)c1ccccc1)c1ccccc1. The minimum Gasteiger partial charge on any atom is -0.454 e. The van der Waals surface area contributed by atoms with Crippen LogP contribution in [0.15, 0.2) is 78.9 Å². The Morgan fingerprint density at radius 3 is 2.25 bits per heavy atom. The molecular weight excluding hydrogens is 356 g/mol. The maximum absolute atomic E-state index is 13.0. The van der Waals surface area contributed by atoms with Crippen LogP contribution in [0.4, 0.5) is 5.69 Å². The van der Waals surface area contributed by atoms with Crippen LogP contribution in [0.1, 0.15) is 22.0 Å². The highest BCUT2D eigenvalue weighted by Gasteiger charge is 2.24. The lowest BCUT2D eigenvalue weighted by Gasteiger charge is -2.19. The van der Waals surface area contributed by atoms with E-state index < -0.39 is 6.04 Å². The first-order valence-corrected chi connectivity index (χ1v) is 8.82. The van der Waals surface area contributed by atoms with Gasteiger partial charge in [0.1, 0.15) is 6.04 Å². The van der Waals surface area contributed by atoms with E-state index >= 15 is 0 Å². The fourth-order valence-corrected chi connectivity index (χ4v) is 2.94. The molecule has 0 saturated carbocycles. The van der Waals surface area contributed by atoms with Crippen molar-refractivity contribution in [3.8, 4) is 11.5 Å². The highest BCUT2D eigenvalue weighted by atomic mass is 16.7. The average molecular weight is 374 g/mol. The van der Waals surface area contributed by atoms with Gasteiger partial charge in [0, 0.05) is 17.3 Å². The Kier molecular flexibility index (Phi) is 4.93. The van der Waals surface area contributed by atoms with Gasteiger partial charge >= 0.3 is 0 Å². The summed E-state index contributed by atoms with van der Waals surface area (Å²) in [5.74, 6) is 0.530. The van der Waals surface area contributed by atoms with E-state index in [9.17, 15) is 9.59 Å². The van der Waals surface area contributed by atoms with Crippen molar-refractivity contribution in [2.75, 3.05) is 12.1 Å². The highest BCUT2D eigenvalue weighted by molar-refractivity contribution is 6.01. The third-order valence-electron chi connectivity index (χ3n) is 4.35. The number of benzene rings is 3. The molecule has 1 atom stereocenters. The van der Waals surface area contributed by atoms with Crippen LogP contribution in [0.3, 0.4) is 0 Å². The van der Waals surface area contributed by atoms with Crippen molar-refractivity contribution in [1.82, 2.24) is 5.32 Å². The smallest absolute Gasteiger partial charge is 0.252 e. The van der Waals surface area contributed by atoms with Gasteiger partial charge in [-0.1, -0.05) is 48.5 Å². The molecule has 0 saturated heterocycles. The van der Waals surface area contributed by atoms with E-state index in [0.29, 0.717) is 28.3 Å². The Morgan fingerprint density at radius 2 is 1.50 bits per heavy atom. The number of hydrogen-bond acceptors (Lipinski definition) is 4. The summed E-state index contributed by atoms with van der Waals surface area (Å²) in [6.07, 6.45) is 0. The molecule has 0 aromatic heterocycles. The Bertz CT molecular complexity index is 990. The Hall–Kier alpha value is -3.80. The third-order valence-corrected chi connectivity index (χ3v) is 4.35. The third kappa shape index (κ3) is 3.81. The van der Waals surface area contributed by atoms with E-state index in [1.54, 1.807) is 54.6 Å². The number of hydrogen-bond donors (Lipinski definition) is 2. The monoisotopic (exact) mass is 374 g/mol. The second-order valence-corrected chi connectivity index (χ2v) is 6.24. The molecule has 1 unspecified atom stereocenters. The molecule has 0 aliphatic carbocycles. The van der Waals surface area contributed by atoms with E-state index in [1.165, 1.54) is 0 Å². The topological polar surface area (TPSA) is 76.7 Å². The van der Waals surface area contributed by atoms with Crippen molar-refractivity contribution in [2.45, 2.75) is 6.04 Å². The molecule has 0 fully saturated rings. The van der Waals surface area contributed by atoms with Gasteiger partial charge in [-0.25, -0.2) is 0 Å². The van der Waals surface area contributed by atoms with Gasteiger partial charge in [-0.15, -0.1) is 0 Å². The quantitative estimate of drug-likeness (QED) is 0.716. The standard InChI is InChI=1S/C22H18N2O4/c25-21(16-9-5-2-6-10-16)24-20(15-7-3-1-4-8-15)22(26)23-17-11-12-18-19(13-17)28-14-27-18/h1-13,20H,14H2,(H,23,26)(H,24,25). The molecular formula is C22H18N2O4. The minimum absolute atomic E-state index is 0.159. The van der Waals surface area contributed by atoms with Crippen LogP contribution >= 0.6 is 0 Å². The molecule has 0 bridgehead atoms. The lowest BCUT2D eigenvalue weighted by atomic mass is 10.1. The number of nitrogens with one attached hydrogen (secondary N) is 2. The number of carbonyl (C=O) groups is 2. The summed E-state index contributed by atoms with van der Waals surface area (Å²) in [4.78, 5) is 25.6. The van der Waals surface area contributed by atoms with Crippen LogP contribution in [-0.2, 0) is 4.79 Å². The van der Waals surface area contributed by atoms with Gasteiger partial charge in [-0.05, 0) is 29.8 Å². The zero-order valence-electron chi connectivity index (χ0n) is 14.9. The van der Waals surface area contributed by atoms with Gasteiger partial charge in [-0.2, -0.15) is 0 Å². The van der Waals surface area contributed by atoms with E-state index in [2.05, 4.69) is 10.6 Å². The van der Waals surface area contributed by atoms with Crippen molar-refractivity contribution in [3.63, 3.8) is 0 Å². The van der Waals surface area contributed by atoms with E-state index in [4.69, 9.17) is 9.47 Å². The van der Waals surface area contributed by atoms with Crippen molar-refractivity contribution in [1.29, 1.82) is 0 Å². The lowest BCUT2D eigenvalue weighted by molar-refractivity contribution is -0.118. The molecule has 3 aromatic carbocycles. The first kappa shape index (κ1) is 17.6. The molecule has 28 heavy (non-hydrogen) atoms. The Labute approximate surface area is 162 Å². The van der Waals surface area contributed by atoms with Crippen molar-refractivity contribution < 1.29 is 19.1 Å². The van der Waals surface area contributed by atoms with Crippen LogP contribution in [0.5, 0.6) is 11.5 Å². The summed E-state index contributed by atoms with van der Waals surface area (Å²) in [7, 11) is 0. The fourth-order valence-electron chi connectivity index (χ4n) is 2.94. The first-order chi connectivity index (χ1) is 13.7. The molecule has 0 radical (unpaired) electrons. The Balaban J connectivity index is 1.56. The second-order valence-electron chi connectivity index (χ2n) is 6.24. The van der Waals surface area contributed by atoms with Crippen LogP contribution in [0.25, 0.3) is 0 Å². The molecule has 1 heterocycles. The van der Waals surface area contributed by atoms with Gasteiger partial charge in [-0.3, -0.25) is 9.59 Å². The number of fused-ring (bicyclic) bond motifs is 1. The summed E-state index contributed by atoms with van der Waals surface area (Å²) in [5, 5.41) is 5.65. The zero-order valence-corrected chi connectivity index (χ0v) is 14.9. The molecule has 6 nitrogen and oxygen atoms in total. The molecule has 3 aromatic rings. The molecule has 140 valence electrons. The Morgan fingerprint density at radius 1 is 0.821 bits per heavy atom. The molecule has 4 rings (SSSR count). The van der Waals surface area contributed by atoms with Gasteiger partial charge in [0.25, 0.3) is 11.8 Å². The first-order valence-electron chi connectivity index (χ1n) is 8.82. The fraction of sp³-hybridized carbons (Fsp3) is 0.0909. The van der Waals surface area contributed by atoms with Crippen LogP contribution in [0, 0.1) is 0 Å². The van der Waals surface area contributed by atoms with Crippen LogP contribution < -0.4 is 20.1 Å². The van der Waals surface area contributed by atoms with Crippen molar-refractivity contribution in [3.05, 3.63) is 90.0 Å². The molecule has 0 spiro atoms. The number of amides is 2. The lowest BCUT2D eigenvalue weighted by Crippen LogP contribution is -2.37. The zero-order chi connectivity index (χ0) is 19.3. The highest BCUT2D eigenvalue weighted by Crippen LogP contribution is 2.34. The van der Waals surface area contributed by atoms with Gasteiger partial charge in [0.15, 0.2) is 11.5 Å². The molecule has 6 heteroatoms. The van der Waals surface area contributed by atoms with Crippen LogP contribution in [0.2, 0.25) is 0 Å². The summed E-state index contributed by atoms with van der Waals surface area (Å²) >= 11 is 0. The minimum atomic E-state index is -0.848. The number of carbonyl (C=O) groups excluding carboxylic acids is 2. The van der Waals surface area contributed by atoms with E-state index in [1.807, 2.05) is 24.3 Å². The molecule has 2 amide bonds. The van der Waals surface area contributed by atoms with E-state index in [0.717, 1.165) is 0 Å². The van der Waals surface area contributed by atoms with Crippen molar-refractivity contribution in [2.24, 2.45) is 0 Å². The summed E-state index contributed by atoms with van der Waals surface area (Å²) in [5.41, 5.74) is 1.73. The van der Waals surface area contributed by atoms with Crippen molar-refractivity contribution >= 4 is 17.5 Å². The summed E-state index contributed by atoms with van der Waals surface area (Å²) in [6.45, 7) is 0.159. The number of rotatable bonds is 5. The normalized spacial score (nSPS) is 12.9. The van der Waals surface area contributed by atoms with Gasteiger partial charge < -0.3 is 20.1 Å². The largest absolute Gasteiger partial charge is 0.454 e. The molecule has 1 aliphatic rings. The van der Waals surface area contributed by atoms with Gasteiger partial charge in [0.2, 0.25) is 6.79 Å². The maximum atomic E-state index is 13.0. The summed E-state index contributed by atoms with van der Waals surface area (Å²) < 4.78 is 10.6. The molecule has 1 aliphatic heterocycles. The molecule has 2 N–H and O–H groups in total. The number of ether oxygens (including phenoxy) is 2. The maximum Gasteiger partial charge on any atom is 0.252 e. The van der Waals surface area contributed by atoms with Gasteiger partial charge in [0.05, 0.1) is 0 Å². The van der Waals surface area contributed by atoms with Crippen LogP contribution in [-0.4, -0.2) is 18.6 Å². The second kappa shape index (κ2) is 7.84. The van der Waals surface area contributed by atoms with E-state index in [-0.39, 0.29) is 18.6 Å².